The molecule has 0 aliphatic heterocycles. The lowest BCUT2D eigenvalue weighted by molar-refractivity contribution is 0.535. The predicted octanol–water partition coefficient (Wildman–Crippen LogP) is 5.84. The second-order valence-corrected chi connectivity index (χ2v) is 7.96. The third kappa shape index (κ3) is 3.27. The van der Waals surface area contributed by atoms with Gasteiger partial charge in [-0.25, -0.2) is 9.59 Å². The maximum Gasteiger partial charge on any atom is 0.340 e. The van der Waals surface area contributed by atoms with Gasteiger partial charge in [-0.05, 0) is 42.0 Å². The average Bonchev–Trinajstić information content (AvgIpc) is 2.75. The highest BCUT2D eigenvalue weighted by atomic mass is 79.9. The normalized spacial score (nSPS) is 11.4. The Morgan fingerprint density at radius 2 is 1.17 bits per heavy atom. The van der Waals surface area contributed by atoms with Gasteiger partial charge >= 0.3 is 11.3 Å². The quantitative estimate of drug-likeness (QED) is 0.318. The van der Waals surface area contributed by atoms with E-state index in [0.717, 1.165) is 20.8 Å². The minimum absolute atomic E-state index is 0.384. The van der Waals surface area contributed by atoms with Gasteiger partial charge in [0.05, 0.1) is 11.1 Å². The summed E-state index contributed by atoms with van der Waals surface area (Å²) in [7, 11) is 0. The van der Waals surface area contributed by atoms with Crippen molar-refractivity contribution in [1.82, 2.24) is 0 Å². The van der Waals surface area contributed by atoms with Gasteiger partial charge in [-0.1, -0.05) is 64.5 Å². The first-order chi connectivity index (χ1) is 14.6. The van der Waals surface area contributed by atoms with Gasteiger partial charge in [-0.2, -0.15) is 0 Å². The Morgan fingerprint density at radius 1 is 0.633 bits per heavy atom. The second-order valence-electron chi connectivity index (χ2n) is 7.04. The molecule has 0 spiro atoms. The fourth-order valence-electron chi connectivity index (χ4n) is 3.77. The number of para-hydroxylation sites is 2. The van der Waals surface area contributed by atoms with E-state index in [9.17, 15) is 9.59 Å². The van der Waals surface area contributed by atoms with Crippen molar-refractivity contribution in [2.45, 2.75) is 5.92 Å². The largest absolute Gasteiger partial charge is 0.423 e. The van der Waals surface area contributed by atoms with Crippen molar-refractivity contribution in [1.29, 1.82) is 0 Å². The van der Waals surface area contributed by atoms with Crippen LogP contribution in [0.2, 0.25) is 0 Å². The fourth-order valence-corrected chi connectivity index (χ4v) is 4.19. The van der Waals surface area contributed by atoms with Gasteiger partial charge in [-0.15, -0.1) is 0 Å². The van der Waals surface area contributed by atoms with Crippen molar-refractivity contribution >= 4 is 37.9 Å². The summed E-state index contributed by atoms with van der Waals surface area (Å²) in [5.74, 6) is -0.635. The fraction of sp³-hybridized carbons (Fsp3) is 0.0400. The van der Waals surface area contributed by atoms with Crippen LogP contribution < -0.4 is 11.3 Å². The van der Waals surface area contributed by atoms with Crippen molar-refractivity contribution in [2.24, 2.45) is 0 Å². The van der Waals surface area contributed by atoms with E-state index in [1.807, 2.05) is 60.7 Å². The van der Waals surface area contributed by atoms with Gasteiger partial charge in [0.15, 0.2) is 0 Å². The van der Waals surface area contributed by atoms with Gasteiger partial charge in [0, 0.05) is 21.2 Å². The number of benzene rings is 3. The second kappa shape index (κ2) is 7.43. The number of rotatable bonds is 3. The van der Waals surface area contributed by atoms with E-state index in [-0.39, 0.29) is 0 Å². The lowest BCUT2D eigenvalue weighted by Crippen LogP contribution is -2.20. The van der Waals surface area contributed by atoms with Crippen LogP contribution in [0.1, 0.15) is 22.6 Å². The Hall–Kier alpha value is -3.44. The van der Waals surface area contributed by atoms with Crippen LogP contribution in [0, 0.1) is 0 Å². The molecule has 0 aliphatic carbocycles. The summed E-state index contributed by atoms with van der Waals surface area (Å²) < 4.78 is 12.0. The number of halogens is 1. The zero-order valence-corrected chi connectivity index (χ0v) is 17.3. The standard InChI is InChI=1S/C25H15BrO4/c26-18-9-5-8-17(12-18)23(19-13-15-6-1-3-10-21(15)29-24(19)27)20-14-16-7-2-4-11-22(16)30-25(20)28/h1-14,23H. The minimum Gasteiger partial charge on any atom is -0.423 e. The molecule has 2 aromatic heterocycles. The van der Waals surface area contributed by atoms with E-state index < -0.39 is 17.2 Å². The van der Waals surface area contributed by atoms with Crippen LogP contribution >= 0.6 is 15.9 Å². The Kier molecular flexibility index (Phi) is 4.60. The Balaban J connectivity index is 1.84. The average molecular weight is 459 g/mol. The molecule has 0 radical (unpaired) electrons. The topological polar surface area (TPSA) is 60.4 Å². The first-order valence-corrected chi connectivity index (χ1v) is 10.2. The van der Waals surface area contributed by atoms with Crippen molar-refractivity contribution in [3.63, 3.8) is 0 Å². The van der Waals surface area contributed by atoms with E-state index in [1.165, 1.54) is 0 Å². The third-order valence-corrected chi connectivity index (χ3v) is 5.63. The number of hydrogen-bond donors (Lipinski definition) is 0. The Bertz CT molecular complexity index is 1420. The van der Waals surface area contributed by atoms with Crippen LogP contribution in [-0.2, 0) is 0 Å². The van der Waals surface area contributed by atoms with Crippen LogP contribution in [0.4, 0.5) is 0 Å². The summed E-state index contributed by atoms with van der Waals surface area (Å²) in [6, 6.07) is 25.8. The van der Waals surface area contributed by atoms with Crippen LogP contribution in [0.5, 0.6) is 0 Å². The van der Waals surface area contributed by atoms with Crippen LogP contribution in [0.15, 0.2) is 108 Å². The third-order valence-electron chi connectivity index (χ3n) is 5.14. The summed E-state index contributed by atoms with van der Waals surface area (Å²) in [4.78, 5) is 25.9. The van der Waals surface area contributed by atoms with Crippen molar-refractivity contribution in [3.05, 3.63) is 127 Å². The molecule has 3 aromatic carbocycles. The monoisotopic (exact) mass is 458 g/mol. The summed E-state index contributed by atoms with van der Waals surface area (Å²) >= 11 is 3.49. The molecule has 146 valence electrons. The highest BCUT2D eigenvalue weighted by Gasteiger charge is 2.25. The highest BCUT2D eigenvalue weighted by molar-refractivity contribution is 9.10. The zero-order valence-electron chi connectivity index (χ0n) is 15.7. The lowest BCUT2D eigenvalue weighted by atomic mass is 9.86. The van der Waals surface area contributed by atoms with E-state index in [2.05, 4.69) is 15.9 Å². The van der Waals surface area contributed by atoms with Crippen molar-refractivity contribution < 1.29 is 8.83 Å². The molecule has 4 nitrogen and oxygen atoms in total. The molecule has 5 aromatic rings. The summed E-state index contributed by atoms with van der Waals surface area (Å²) in [6.45, 7) is 0. The zero-order chi connectivity index (χ0) is 20.7. The first kappa shape index (κ1) is 18.6. The predicted molar refractivity (Wildman–Crippen MR) is 120 cm³/mol. The molecule has 2 heterocycles. The number of hydrogen-bond acceptors (Lipinski definition) is 4. The molecule has 0 saturated carbocycles. The van der Waals surface area contributed by atoms with Gasteiger partial charge < -0.3 is 8.83 Å². The Morgan fingerprint density at radius 3 is 1.70 bits per heavy atom. The van der Waals surface area contributed by atoms with Crippen molar-refractivity contribution in [2.75, 3.05) is 0 Å². The van der Waals surface area contributed by atoms with Gasteiger partial charge in [-0.3, -0.25) is 0 Å². The summed E-state index contributed by atoms with van der Waals surface area (Å²) in [5.41, 5.74) is 1.60. The smallest absolute Gasteiger partial charge is 0.340 e. The van der Waals surface area contributed by atoms with Gasteiger partial charge in [0.2, 0.25) is 0 Å². The molecular weight excluding hydrogens is 444 g/mol. The highest BCUT2D eigenvalue weighted by Crippen LogP contribution is 2.32. The lowest BCUT2D eigenvalue weighted by Gasteiger charge is -2.17. The molecule has 0 amide bonds. The molecular formula is C25H15BrO4. The maximum absolute atomic E-state index is 13.0. The molecule has 30 heavy (non-hydrogen) atoms. The summed E-state index contributed by atoms with van der Waals surface area (Å²) in [5, 5.41) is 1.58. The van der Waals surface area contributed by atoms with Gasteiger partial charge in [0.1, 0.15) is 11.2 Å². The van der Waals surface area contributed by atoms with Crippen LogP contribution in [-0.4, -0.2) is 0 Å². The molecule has 0 N–H and O–H groups in total. The minimum atomic E-state index is -0.635. The van der Waals surface area contributed by atoms with Crippen LogP contribution in [0.25, 0.3) is 21.9 Å². The molecule has 0 fully saturated rings. The molecule has 0 bridgehead atoms. The van der Waals surface area contributed by atoms with Crippen molar-refractivity contribution in [3.8, 4) is 0 Å². The molecule has 0 atom stereocenters. The molecule has 0 aliphatic rings. The summed E-state index contributed by atoms with van der Waals surface area (Å²) in [6.07, 6.45) is 0. The molecule has 0 unspecified atom stereocenters. The van der Waals surface area contributed by atoms with E-state index in [1.54, 1.807) is 24.3 Å². The SMILES string of the molecule is O=c1oc2ccccc2cc1C(c1cccc(Br)c1)c1cc2ccccc2oc1=O. The molecule has 5 heteroatoms. The molecule has 5 rings (SSSR count). The first-order valence-electron chi connectivity index (χ1n) is 9.41. The maximum atomic E-state index is 13.0. The molecule has 0 saturated heterocycles. The van der Waals surface area contributed by atoms with Gasteiger partial charge in [0.25, 0.3) is 0 Å². The van der Waals surface area contributed by atoms with E-state index >= 15 is 0 Å². The Labute approximate surface area is 179 Å². The van der Waals surface area contributed by atoms with Crippen LogP contribution in [0.3, 0.4) is 0 Å². The number of fused-ring (bicyclic) bond motifs is 2. The van der Waals surface area contributed by atoms with E-state index in [0.29, 0.717) is 22.3 Å². The van der Waals surface area contributed by atoms with E-state index in [4.69, 9.17) is 8.83 Å².